The van der Waals surface area contributed by atoms with Crippen molar-refractivity contribution in [1.29, 1.82) is 0 Å². The number of hydrogen-bond acceptors (Lipinski definition) is 6. The number of hydrogen-bond donors (Lipinski definition) is 1. The van der Waals surface area contributed by atoms with Crippen LogP contribution in [0.3, 0.4) is 0 Å². The fraction of sp³-hybridized carbons (Fsp3) is 0.308. The lowest BCUT2D eigenvalue weighted by atomic mass is 9.71. The lowest BCUT2D eigenvalue weighted by molar-refractivity contribution is -0.136. The maximum atomic E-state index is 14.0. The second kappa shape index (κ2) is 9.62. The molecule has 1 aliphatic heterocycles. The van der Waals surface area contributed by atoms with Crippen LogP contribution in [0.25, 0.3) is 0 Å². The van der Waals surface area contributed by atoms with Crippen LogP contribution in [0.15, 0.2) is 63.4 Å². The fourth-order valence-corrected chi connectivity index (χ4v) is 5.18. The summed E-state index contributed by atoms with van der Waals surface area (Å²) < 4.78 is 30.0. The van der Waals surface area contributed by atoms with Crippen molar-refractivity contribution in [2.45, 2.75) is 31.6 Å². The summed E-state index contributed by atoms with van der Waals surface area (Å²) in [4.78, 5) is 26.3. The smallest absolute Gasteiger partial charge is 0.336 e. The van der Waals surface area contributed by atoms with Gasteiger partial charge in [-0.25, -0.2) is 9.18 Å². The van der Waals surface area contributed by atoms with Gasteiger partial charge in [0.1, 0.15) is 5.82 Å². The van der Waals surface area contributed by atoms with Crippen molar-refractivity contribution in [3.8, 4) is 11.5 Å². The number of ether oxygens (including phenoxy) is 3. The molecule has 0 aromatic heterocycles. The molecule has 1 N–H and O–H groups in total. The van der Waals surface area contributed by atoms with Gasteiger partial charge >= 0.3 is 5.97 Å². The summed E-state index contributed by atoms with van der Waals surface area (Å²) in [5.74, 6) is -0.541. The number of carbonyl (C=O) groups is 2. The highest BCUT2D eigenvalue weighted by Gasteiger charge is 2.41. The van der Waals surface area contributed by atoms with E-state index >= 15 is 0 Å². The van der Waals surface area contributed by atoms with Crippen molar-refractivity contribution < 1.29 is 28.2 Å². The highest BCUT2D eigenvalue weighted by atomic mass is 79.9. The Balaban J connectivity index is 1.79. The molecule has 4 rings (SSSR count). The van der Waals surface area contributed by atoms with Gasteiger partial charge in [-0.2, -0.15) is 0 Å². The van der Waals surface area contributed by atoms with Crippen molar-refractivity contribution in [2.75, 3.05) is 21.3 Å². The van der Waals surface area contributed by atoms with E-state index in [4.69, 9.17) is 14.2 Å². The molecule has 0 fully saturated rings. The van der Waals surface area contributed by atoms with E-state index in [9.17, 15) is 14.0 Å². The minimum absolute atomic E-state index is 0.0760. The van der Waals surface area contributed by atoms with Crippen molar-refractivity contribution in [3.05, 3.63) is 80.4 Å². The van der Waals surface area contributed by atoms with Gasteiger partial charge in [-0.1, -0.05) is 12.1 Å². The molecule has 0 unspecified atom stereocenters. The summed E-state index contributed by atoms with van der Waals surface area (Å²) in [6.45, 7) is 1.78. The van der Waals surface area contributed by atoms with Gasteiger partial charge in [0.2, 0.25) is 0 Å². The second-order valence-electron chi connectivity index (χ2n) is 8.30. The average Bonchev–Trinajstić information content (AvgIpc) is 2.83. The molecule has 0 radical (unpaired) electrons. The third-order valence-electron chi connectivity index (χ3n) is 6.39. The predicted molar refractivity (Wildman–Crippen MR) is 128 cm³/mol. The maximum absolute atomic E-state index is 14.0. The maximum Gasteiger partial charge on any atom is 0.336 e. The Kier molecular flexibility index (Phi) is 6.79. The van der Waals surface area contributed by atoms with Crippen LogP contribution in [0.4, 0.5) is 4.39 Å². The minimum Gasteiger partial charge on any atom is -0.493 e. The molecule has 1 aliphatic carbocycles. The number of ketones is 1. The molecule has 0 amide bonds. The molecule has 2 aromatic rings. The third kappa shape index (κ3) is 4.22. The minimum atomic E-state index is -0.653. The Hall–Kier alpha value is -3.13. The van der Waals surface area contributed by atoms with Gasteiger partial charge < -0.3 is 19.5 Å². The zero-order chi connectivity index (χ0) is 24.6. The standard InChI is InChI=1S/C26H25BrFNO5/c1-13-23(26(31)34-4)24(15-5-7-18(28)17(27)9-15)25-19(29-13)10-16(11-20(25)30)14-6-8-21(32-2)22(12-14)33-3/h5-9,12,16,24,29H,10-11H2,1-4H3/t16-,24-/m1/s1. The Bertz CT molecular complexity index is 1240. The third-order valence-corrected chi connectivity index (χ3v) is 7.00. The molecular formula is C26H25BrFNO5. The largest absolute Gasteiger partial charge is 0.493 e. The van der Waals surface area contributed by atoms with Gasteiger partial charge in [-0.15, -0.1) is 0 Å². The van der Waals surface area contributed by atoms with Gasteiger partial charge in [0.25, 0.3) is 0 Å². The predicted octanol–water partition coefficient (Wildman–Crippen LogP) is 5.14. The molecule has 6 nitrogen and oxygen atoms in total. The van der Waals surface area contributed by atoms with Crippen LogP contribution >= 0.6 is 15.9 Å². The number of dihydropyridines is 1. The molecule has 0 bridgehead atoms. The molecule has 2 aromatic carbocycles. The number of nitrogens with one attached hydrogen (secondary N) is 1. The molecular weight excluding hydrogens is 505 g/mol. The summed E-state index contributed by atoms with van der Waals surface area (Å²) in [7, 11) is 4.46. The lowest BCUT2D eigenvalue weighted by Gasteiger charge is -2.36. The number of rotatable bonds is 5. The molecule has 178 valence electrons. The summed E-state index contributed by atoms with van der Waals surface area (Å²) >= 11 is 3.22. The number of halogens is 2. The Labute approximate surface area is 205 Å². The lowest BCUT2D eigenvalue weighted by Crippen LogP contribution is -2.36. The summed E-state index contributed by atoms with van der Waals surface area (Å²) in [5, 5.41) is 3.29. The summed E-state index contributed by atoms with van der Waals surface area (Å²) in [6, 6.07) is 10.2. The van der Waals surface area contributed by atoms with Crippen molar-refractivity contribution in [3.63, 3.8) is 0 Å². The van der Waals surface area contributed by atoms with Crippen molar-refractivity contribution >= 4 is 27.7 Å². The quantitative estimate of drug-likeness (QED) is 0.540. The van der Waals surface area contributed by atoms with Gasteiger partial charge in [0.05, 0.1) is 31.4 Å². The molecule has 0 saturated carbocycles. The van der Waals surface area contributed by atoms with Gasteiger partial charge in [-0.05, 0) is 70.6 Å². The van der Waals surface area contributed by atoms with Crippen molar-refractivity contribution in [2.24, 2.45) is 0 Å². The number of benzene rings is 2. The van der Waals surface area contributed by atoms with Crippen LogP contribution in [0.2, 0.25) is 0 Å². The van der Waals surface area contributed by atoms with Crippen LogP contribution < -0.4 is 14.8 Å². The van der Waals surface area contributed by atoms with Crippen LogP contribution in [-0.4, -0.2) is 33.1 Å². The van der Waals surface area contributed by atoms with E-state index in [1.165, 1.54) is 13.2 Å². The summed E-state index contributed by atoms with van der Waals surface area (Å²) in [6.07, 6.45) is 0.837. The van der Waals surface area contributed by atoms with E-state index in [0.717, 1.165) is 11.3 Å². The van der Waals surface area contributed by atoms with E-state index in [0.29, 0.717) is 40.3 Å². The molecule has 1 heterocycles. The first-order valence-electron chi connectivity index (χ1n) is 10.8. The molecule has 0 saturated heterocycles. The Morgan fingerprint density at radius 3 is 2.38 bits per heavy atom. The number of methoxy groups -OCH3 is 3. The van der Waals surface area contributed by atoms with Crippen LogP contribution in [0.5, 0.6) is 11.5 Å². The zero-order valence-electron chi connectivity index (χ0n) is 19.3. The topological polar surface area (TPSA) is 73.9 Å². The van der Waals surface area contributed by atoms with Crippen LogP contribution in [0.1, 0.15) is 42.7 Å². The van der Waals surface area contributed by atoms with Crippen LogP contribution in [0, 0.1) is 5.82 Å². The fourth-order valence-electron chi connectivity index (χ4n) is 4.79. The zero-order valence-corrected chi connectivity index (χ0v) is 20.9. The first-order chi connectivity index (χ1) is 16.3. The number of carbonyl (C=O) groups excluding carboxylic acids is 2. The SMILES string of the molecule is COC(=O)C1=C(C)NC2=C(C(=O)C[C@H](c3ccc(OC)c(OC)c3)C2)[C@@H]1c1ccc(F)c(Br)c1. The van der Waals surface area contributed by atoms with Crippen molar-refractivity contribution in [1.82, 2.24) is 5.32 Å². The van der Waals surface area contributed by atoms with E-state index in [1.54, 1.807) is 33.3 Å². The number of esters is 1. The Morgan fingerprint density at radius 2 is 1.74 bits per heavy atom. The first-order valence-corrected chi connectivity index (χ1v) is 11.6. The molecule has 0 spiro atoms. The average molecular weight is 530 g/mol. The van der Waals surface area contributed by atoms with Crippen LogP contribution in [-0.2, 0) is 14.3 Å². The van der Waals surface area contributed by atoms with Gasteiger partial charge in [-0.3, -0.25) is 4.79 Å². The van der Waals surface area contributed by atoms with E-state index < -0.39 is 17.7 Å². The monoisotopic (exact) mass is 529 g/mol. The van der Waals surface area contributed by atoms with E-state index in [1.807, 2.05) is 18.2 Å². The molecule has 2 aliphatic rings. The normalized spacial score (nSPS) is 20.0. The van der Waals surface area contributed by atoms with Gasteiger partial charge in [0.15, 0.2) is 17.3 Å². The van der Waals surface area contributed by atoms with E-state index in [-0.39, 0.29) is 22.6 Å². The molecule has 34 heavy (non-hydrogen) atoms. The number of allylic oxidation sites excluding steroid dienone is 3. The Morgan fingerprint density at radius 1 is 1.03 bits per heavy atom. The molecule has 8 heteroatoms. The molecule has 2 atom stereocenters. The van der Waals surface area contributed by atoms with Gasteiger partial charge in [0, 0.05) is 29.3 Å². The number of Topliss-reactive ketones (excluding diaryl/α,β-unsaturated/α-hetero) is 1. The second-order valence-corrected chi connectivity index (χ2v) is 9.15. The first kappa shape index (κ1) is 24.0. The highest BCUT2D eigenvalue weighted by molar-refractivity contribution is 9.10. The van der Waals surface area contributed by atoms with E-state index in [2.05, 4.69) is 21.2 Å². The summed E-state index contributed by atoms with van der Waals surface area (Å²) in [5.41, 5.74) is 3.82. The highest BCUT2D eigenvalue weighted by Crippen LogP contribution is 2.46.